The number of hydrogen-bond acceptors (Lipinski definition) is 2. The number of carbonyl (C=O) groups excluding carboxylic acids is 1. The molecule has 0 aliphatic carbocycles. The van der Waals surface area contributed by atoms with Crippen LogP contribution in [0.3, 0.4) is 0 Å². The van der Waals surface area contributed by atoms with Crippen LogP contribution in [0.4, 0.5) is 16.2 Å². The predicted octanol–water partition coefficient (Wildman–Crippen LogP) is 6.37. The van der Waals surface area contributed by atoms with Crippen molar-refractivity contribution in [3.05, 3.63) is 103 Å². The van der Waals surface area contributed by atoms with Crippen LogP contribution in [-0.4, -0.2) is 11.1 Å². The Kier molecular flexibility index (Phi) is 5.25. The molecule has 0 aliphatic rings. The number of nitrogens with one attached hydrogen (secondary N) is 2. The highest BCUT2D eigenvalue weighted by Gasteiger charge is 2.11. The van der Waals surface area contributed by atoms with Gasteiger partial charge in [0, 0.05) is 11.3 Å². The monoisotopic (exact) mass is 380 g/mol. The second kappa shape index (κ2) is 8.31. The van der Waals surface area contributed by atoms with Gasteiger partial charge >= 0.3 is 6.03 Å². The fourth-order valence-corrected chi connectivity index (χ4v) is 3.16. The van der Waals surface area contributed by atoms with E-state index in [1.807, 2.05) is 91.0 Å². The van der Waals surface area contributed by atoms with Crippen LogP contribution in [0.2, 0.25) is 0 Å². The molecule has 0 aliphatic heterocycles. The number of phenolic OH excluding ortho intramolecular Hbond substituents is 1. The van der Waals surface area contributed by atoms with E-state index < -0.39 is 6.03 Å². The smallest absolute Gasteiger partial charge is 0.323 e. The Bertz CT molecular complexity index is 1110. The molecule has 0 saturated carbocycles. The Morgan fingerprint density at radius 1 is 0.586 bits per heavy atom. The first-order chi connectivity index (χ1) is 14.2. The Hall–Kier alpha value is -4.05. The zero-order valence-electron chi connectivity index (χ0n) is 15.7. The molecule has 4 aromatic rings. The van der Waals surface area contributed by atoms with E-state index in [4.69, 9.17) is 0 Å². The van der Waals surface area contributed by atoms with Gasteiger partial charge in [0.15, 0.2) is 0 Å². The molecule has 0 atom stereocenters. The molecular formula is C25H20N2O2. The first-order valence-corrected chi connectivity index (χ1v) is 9.31. The molecule has 0 heterocycles. The third-order valence-corrected chi connectivity index (χ3v) is 4.62. The zero-order valence-corrected chi connectivity index (χ0v) is 15.7. The fourth-order valence-electron chi connectivity index (χ4n) is 3.16. The summed E-state index contributed by atoms with van der Waals surface area (Å²) in [4.78, 5) is 12.4. The summed E-state index contributed by atoms with van der Waals surface area (Å²) in [6.07, 6.45) is 0. The molecule has 4 aromatic carbocycles. The van der Waals surface area contributed by atoms with Crippen LogP contribution >= 0.6 is 0 Å². The number of para-hydroxylation sites is 1. The largest absolute Gasteiger partial charge is 0.505 e. The van der Waals surface area contributed by atoms with Crippen LogP contribution in [-0.2, 0) is 0 Å². The zero-order chi connectivity index (χ0) is 20.1. The summed E-state index contributed by atoms with van der Waals surface area (Å²) in [5.74, 6) is 0.0354. The standard InChI is InChI=1S/C25H20N2O2/c28-24-22(20-10-5-2-6-11-20)12-7-13-23(24)27-25(29)26-21-16-14-19(15-17-21)18-8-3-1-4-9-18/h1-17,28H,(H2,26,27,29). The molecule has 0 saturated heterocycles. The van der Waals surface area contributed by atoms with Gasteiger partial charge in [-0.05, 0) is 34.9 Å². The summed E-state index contributed by atoms with van der Waals surface area (Å²) in [5, 5.41) is 16.1. The molecule has 0 spiro atoms. The van der Waals surface area contributed by atoms with E-state index in [0.29, 0.717) is 16.9 Å². The van der Waals surface area contributed by atoms with Crippen molar-refractivity contribution >= 4 is 17.4 Å². The minimum atomic E-state index is -0.419. The number of rotatable bonds is 4. The normalized spacial score (nSPS) is 10.3. The van der Waals surface area contributed by atoms with E-state index in [9.17, 15) is 9.90 Å². The summed E-state index contributed by atoms with van der Waals surface area (Å²) >= 11 is 0. The van der Waals surface area contributed by atoms with Crippen molar-refractivity contribution in [1.29, 1.82) is 0 Å². The Morgan fingerprint density at radius 3 is 1.83 bits per heavy atom. The number of urea groups is 1. The van der Waals surface area contributed by atoms with E-state index in [0.717, 1.165) is 16.7 Å². The summed E-state index contributed by atoms with van der Waals surface area (Å²) in [7, 11) is 0. The minimum Gasteiger partial charge on any atom is -0.505 e. The molecule has 0 fully saturated rings. The van der Waals surface area contributed by atoms with Gasteiger partial charge in [0.2, 0.25) is 0 Å². The van der Waals surface area contributed by atoms with Gasteiger partial charge in [-0.3, -0.25) is 0 Å². The van der Waals surface area contributed by atoms with Gasteiger partial charge in [-0.15, -0.1) is 0 Å². The summed E-state index contributed by atoms with van der Waals surface area (Å²) < 4.78 is 0. The molecule has 4 heteroatoms. The molecule has 0 radical (unpaired) electrons. The number of hydrogen-bond donors (Lipinski definition) is 3. The first kappa shape index (κ1) is 18.3. The SMILES string of the molecule is O=C(Nc1ccc(-c2ccccc2)cc1)Nc1cccc(-c2ccccc2)c1O. The highest BCUT2D eigenvalue weighted by Crippen LogP contribution is 2.35. The van der Waals surface area contributed by atoms with E-state index in [1.54, 1.807) is 12.1 Å². The second-order valence-corrected chi connectivity index (χ2v) is 6.59. The molecule has 0 aromatic heterocycles. The first-order valence-electron chi connectivity index (χ1n) is 9.31. The van der Waals surface area contributed by atoms with Crippen LogP contribution in [0.25, 0.3) is 22.3 Å². The minimum absolute atomic E-state index is 0.0354. The Labute approximate surface area is 169 Å². The molecule has 142 valence electrons. The maximum Gasteiger partial charge on any atom is 0.323 e. The van der Waals surface area contributed by atoms with Crippen LogP contribution in [0, 0.1) is 0 Å². The topological polar surface area (TPSA) is 61.4 Å². The number of benzene rings is 4. The third-order valence-electron chi connectivity index (χ3n) is 4.62. The van der Waals surface area contributed by atoms with Crippen molar-refractivity contribution in [3.8, 4) is 28.0 Å². The number of aromatic hydroxyl groups is 1. The van der Waals surface area contributed by atoms with Crippen LogP contribution in [0.5, 0.6) is 5.75 Å². The van der Waals surface area contributed by atoms with Gasteiger partial charge in [-0.2, -0.15) is 0 Å². The van der Waals surface area contributed by atoms with Crippen molar-refractivity contribution in [3.63, 3.8) is 0 Å². The molecule has 0 bridgehead atoms. The number of anilines is 2. The second-order valence-electron chi connectivity index (χ2n) is 6.59. The lowest BCUT2D eigenvalue weighted by molar-refractivity contribution is 0.262. The fraction of sp³-hybridized carbons (Fsp3) is 0. The van der Waals surface area contributed by atoms with E-state index in [2.05, 4.69) is 10.6 Å². The summed E-state index contributed by atoms with van der Waals surface area (Å²) in [5.41, 5.74) is 4.75. The molecule has 0 unspecified atom stereocenters. The number of amides is 2. The third kappa shape index (κ3) is 4.28. The van der Waals surface area contributed by atoms with E-state index >= 15 is 0 Å². The van der Waals surface area contributed by atoms with Crippen molar-refractivity contribution in [2.45, 2.75) is 0 Å². The van der Waals surface area contributed by atoms with Crippen molar-refractivity contribution in [2.24, 2.45) is 0 Å². The number of phenols is 1. The summed E-state index contributed by atoms with van der Waals surface area (Å²) in [6.45, 7) is 0. The van der Waals surface area contributed by atoms with Gasteiger partial charge in [0.1, 0.15) is 5.75 Å². The summed E-state index contributed by atoms with van der Waals surface area (Å²) in [6, 6.07) is 32.1. The van der Waals surface area contributed by atoms with E-state index in [-0.39, 0.29) is 5.75 Å². The van der Waals surface area contributed by atoms with Crippen molar-refractivity contribution in [2.75, 3.05) is 10.6 Å². The average molecular weight is 380 g/mol. The highest BCUT2D eigenvalue weighted by molar-refractivity contribution is 6.01. The molecule has 3 N–H and O–H groups in total. The van der Waals surface area contributed by atoms with Crippen molar-refractivity contribution in [1.82, 2.24) is 0 Å². The quantitative estimate of drug-likeness (QED) is 0.360. The Morgan fingerprint density at radius 2 is 1.17 bits per heavy atom. The maximum atomic E-state index is 12.4. The lowest BCUT2D eigenvalue weighted by Crippen LogP contribution is -2.19. The van der Waals surface area contributed by atoms with Crippen LogP contribution in [0.15, 0.2) is 103 Å². The molecular weight excluding hydrogens is 360 g/mol. The van der Waals surface area contributed by atoms with Gasteiger partial charge < -0.3 is 15.7 Å². The Balaban J connectivity index is 1.46. The maximum absolute atomic E-state index is 12.4. The molecule has 4 rings (SSSR count). The van der Waals surface area contributed by atoms with Crippen LogP contribution < -0.4 is 10.6 Å². The van der Waals surface area contributed by atoms with Crippen LogP contribution in [0.1, 0.15) is 0 Å². The van der Waals surface area contributed by atoms with Crippen molar-refractivity contribution < 1.29 is 9.90 Å². The van der Waals surface area contributed by atoms with Gasteiger partial charge in [0.05, 0.1) is 5.69 Å². The molecule has 2 amide bonds. The molecule has 4 nitrogen and oxygen atoms in total. The predicted molar refractivity (Wildman–Crippen MR) is 118 cm³/mol. The van der Waals surface area contributed by atoms with Gasteiger partial charge in [0.25, 0.3) is 0 Å². The lowest BCUT2D eigenvalue weighted by atomic mass is 10.0. The van der Waals surface area contributed by atoms with Gasteiger partial charge in [-0.25, -0.2) is 4.79 Å². The molecule has 29 heavy (non-hydrogen) atoms. The van der Waals surface area contributed by atoms with Gasteiger partial charge in [-0.1, -0.05) is 84.9 Å². The highest BCUT2D eigenvalue weighted by atomic mass is 16.3. The lowest BCUT2D eigenvalue weighted by Gasteiger charge is -2.12. The van der Waals surface area contributed by atoms with E-state index in [1.165, 1.54) is 0 Å². The number of carbonyl (C=O) groups is 1. The average Bonchev–Trinajstić information content (AvgIpc) is 2.77.